The standard InChI is InChI=1S/C21H24N2O7S/c1-3-23(4-2)31(26,27)17-8-5-15(6-9-17)21(25)30-14-20(24)22-16-7-10-18-19(13-16)29-12-11-28-18/h5-10,13H,3-4,11-12,14H2,1-2H3,(H,22,24). The Kier molecular flexibility index (Phi) is 7.13. The Balaban J connectivity index is 1.56. The molecular formula is C21H24N2O7S. The van der Waals surface area contributed by atoms with Gasteiger partial charge < -0.3 is 19.5 Å². The number of rotatable bonds is 8. The molecular weight excluding hydrogens is 424 g/mol. The van der Waals surface area contributed by atoms with Crippen molar-refractivity contribution in [3.8, 4) is 11.5 Å². The molecule has 0 unspecified atom stereocenters. The fourth-order valence-electron chi connectivity index (χ4n) is 3.01. The van der Waals surface area contributed by atoms with Gasteiger partial charge in [-0.1, -0.05) is 13.8 Å². The molecule has 10 heteroatoms. The minimum atomic E-state index is -3.61. The molecule has 166 valence electrons. The highest BCUT2D eigenvalue weighted by molar-refractivity contribution is 7.89. The summed E-state index contributed by atoms with van der Waals surface area (Å²) in [4.78, 5) is 24.4. The Morgan fingerprint density at radius 1 is 1.00 bits per heavy atom. The van der Waals surface area contributed by atoms with E-state index in [0.29, 0.717) is 43.5 Å². The third-order valence-electron chi connectivity index (χ3n) is 4.59. The van der Waals surface area contributed by atoms with Crippen LogP contribution in [0.2, 0.25) is 0 Å². The van der Waals surface area contributed by atoms with Gasteiger partial charge in [0.25, 0.3) is 5.91 Å². The summed E-state index contributed by atoms with van der Waals surface area (Å²) >= 11 is 0. The Morgan fingerprint density at radius 2 is 1.65 bits per heavy atom. The van der Waals surface area contributed by atoms with E-state index in [4.69, 9.17) is 14.2 Å². The second kappa shape index (κ2) is 9.80. The summed E-state index contributed by atoms with van der Waals surface area (Å²) in [6, 6.07) is 10.4. The summed E-state index contributed by atoms with van der Waals surface area (Å²) < 4.78 is 42.2. The first-order valence-corrected chi connectivity index (χ1v) is 11.3. The lowest BCUT2D eigenvalue weighted by Crippen LogP contribution is -2.30. The van der Waals surface area contributed by atoms with Crippen molar-refractivity contribution >= 4 is 27.6 Å². The van der Waals surface area contributed by atoms with Gasteiger partial charge in [0, 0.05) is 24.8 Å². The summed E-state index contributed by atoms with van der Waals surface area (Å²) in [5.41, 5.74) is 0.627. The molecule has 2 aromatic carbocycles. The number of fused-ring (bicyclic) bond motifs is 1. The van der Waals surface area contributed by atoms with Crippen molar-refractivity contribution in [1.29, 1.82) is 0 Å². The molecule has 1 heterocycles. The van der Waals surface area contributed by atoms with E-state index >= 15 is 0 Å². The van der Waals surface area contributed by atoms with Gasteiger partial charge in [-0.2, -0.15) is 4.31 Å². The molecule has 0 bridgehead atoms. The van der Waals surface area contributed by atoms with Crippen LogP contribution in [-0.4, -0.2) is 57.5 Å². The molecule has 1 N–H and O–H groups in total. The lowest BCUT2D eigenvalue weighted by atomic mass is 10.2. The molecule has 1 amide bonds. The largest absolute Gasteiger partial charge is 0.486 e. The van der Waals surface area contributed by atoms with Gasteiger partial charge in [0.05, 0.1) is 10.5 Å². The highest BCUT2D eigenvalue weighted by Gasteiger charge is 2.22. The second-order valence-corrected chi connectivity index (χ2v) is 8.53. The molecule has 3 rings (SSSR count). The maximum atomic E-state index is 12.5. The number of nitrogens with zero attached hydrogens (tertiary/aromatic N) is 1. The van der Waals surface area contributed by atoms with Crippen molar-refractivity contribution in [1.82, 2.24) is 4.31 Å². The second-order valence-electron chi connectivity index (χ2n) is 6.60. The Bertz CT molecular complexity index is 1050. The smallest absolute Gasteiger partial charge is 0.338 e. The van der Waals surface area contributed by atoms with E-state index in [2.05, 4.69) is 5.32 Å². The van der Waals surface area contributed by atoms with E-state index in [1.54, 1.807) is 32.0 Å². The van der Waals surface area contributed by atoms with E-state index in [-0.39, 0.29) is 10.5 Å². The molecule has 0 spiro atoms. The molecule has 31 heavy (non-hydrogen) atoms. The van der Waals surface area contributed by atoms with Crippen molar-refractivity contribution in [3.63, 3.8) is 0 Å². The fourth-order valence-corrected chi connectivity index (χ4v) is 4.47. The number of sulfonamides is 1. The van der Waals surface area contributed by atoms with Gasteiger partial charge in [-0.3, -0.25) is 4.79 Å². The van der Waals surface area contributed by atoms with E-state index < -0.39 is 28.5 Å². The number of benzene rings is 2. The van der Waals surface area contributed by atoms with Gasteiger partial charge in [0.2, 0.25) is 10.0 Å². The molecule has 0 aromatic heterocycles. The Morgan fingerprint density at radius 3 is 2.29 bits per heavy atom. The summed E-state index contributed by atoms with van der Waals surface area (Å²) in [5.74, 6) is -0.127. The number of hydrogen-bond donors (Lipinski definition) is 1. The predicted octanol–water partition coefficient (Wildman–Crippen LogP) is 2.28. The molecule has 0 fully saturated rings. The van der Waals surface area contributed by atoms with Crippen LogP contribution in [0, 0.1) is 0 Å². The third-order valence-corrected chi connectivity index (χ3v) is 6.66. The first-order valence-electron chi connectivity index (χ1n) is 9.82. The monoisotopic (exact) mass is 448 g/mol. The number of esters is 1. The van der Waals surface area contributed by atoms with Crippen LogP contribution in [0.5, 0.6) is 11.5 Å². The molecule has 0 saturated heterocycles. The molecule has 0 radical (unpaired) electrons. The molecule has 0 saturated carbocycles. The maximum Gasteiger partial charge on any atom is 0.338 e. The zero-order valence-electron chi connectivity index (χ0n) is 17.3. The third kappa shape index (κ3) is 5.33. The lowest BCUT2D eigenvalue weighted by Gasteiger charge is -2.19. The van der Waals surface area contributed by atoms with Gasteiger partial charge in [-0.25, -0.2) is 13.2 Å². The minimum Gasteiger partial charge on any atom is -0.486 e. The van der Waals surface area contributed by atoms with Crippen molar-refractivity contribution in [2.24, 2.45) is 0 Å². The van der Waals surface area contributed by atoms with Crippen molar-refractivity contribution in [2.75, 3.05) is 38.2 Å². The van der Waals surface area contributed by atoms with E-state index in [9.17, 15) is 18.0 Å². The number of nitrogens with one attached hydrogen (secondary N) is 1. The first-order chi connectivity index (χ1) is 14.8. The maximum absolute atomic E-state index is 12.5. The number of ether oxygens (including phenoxy) is 3. The SMILES string of the molecule is CCN(CC)S(=O)(=O)c1ccc(C(=O)OCC(=O)Nc2ccc3c(c2)OCCO3)cc1. The molecule has 0 aliphatic carbocycles. The van der Waals surface area contributed by atoms with Gasteiger partial charge >= 0.3 is 5.97 Å². The average molecular weight is 448 g/mol. The highest BCUT2D eigenvalue weighted by atomic mass is 32.2. The van der Waals surface area contributed by atoms with Crippen LogP contribution < -0.4 is 14.8 Å². The quantitative estimate of drug-likeness (QED) is 0.617. The Hall–Kier alpha value is -3.11. The van der Waals surface area contributed by atoms with Crippen LogP contribution in [-0.2, 0) is 19.6 Å². The zero-order valence-corrected chi connectivity index (χ0v) is 18.1. The lowest BCUT2D eigenvalue weighted by molar-refractivity contribution is -0.119. The van der Waals surface area contributed by atoms with Crippen LogP contribution in [0.1, 0.15) is 24.2 Å². The number of carbonyl (C=O) groups is 2. The van der Waals surface area contributed by atoms with Crippen molar-refractivity contribution in [3.05, 3.63) is 48.0 Å². The predicted molar refractivity (Wildman–Crippen MR) is 113 cm³/mol. The summed E-state index contributed by atoms with van der Waals surface area (Å²) in [7, 11) is -3.61. The average Bonchev–Trinajstić information content (AvgIpc) is 2.78. The number of carbonyl (C=O) groups excluding carboxylic acids is 2. The van der Waals surface area contributed by atoms with Gasteiger partial charge in [0.1, 0.15) is 13.2 Å². The first kappa shape index (κ1) is 22.6. The van der Waals surface area contributed by atoms with Gasteiger partial charge in [0.15, 0.2) is 18.1 Å². The molecule has 1 aliphatic rings. The molecule has 9 nitrogen and oxygen atoms in total. The summed E-state index contributed by atoms with van der Waals surface area (Å²) in [5, 5.41) is 2.62. The molecule has 2 aromatic rings. The van der Waals surface area contributed by atoms with Crippen LogP contribution in [0.4, 0.5) is 5.69 Å². The zero-order chi connectivity index (χ0) is 22.4. The summed E-state index contributed by atoms with van der Waals surface area (Å²) in [6.07, 6.45) is 0. The van der Waals surface area contributed by atoms with Crippen LogP contribution >= 0.6 is 0 Å². The van der Waals surface area contributed by atoms with E-state index in [0.717, 1.165) is 0 Å². The molecule has 1 aliphatic heterocycles. The minimum absolute atomic E-state index is 0.0871. The molecule has 0 atom stereocenters. The Labute approximate surface area is 181 Å². The summed E-state index contributed by atoms with van der Waals surface area (Å²) in [6.45, 7) is 4.61. The number of anilines is 1. The fraction of sp³-hybridized carbons (Fsp3) is 0.333. The van der Waals surface area contributed by atoms with Crippen LogP contribution in [0.15, 0.2) is 47.4 Å². The normalized spacial score (nSPS) is 13.0. The number of amides is 1. The van der Waals surface area contributed by atoms with E-state index in [1.807, 2.05) is 0 Å². The van der Waals surface area contributed by atoms with Crippen LogP contribution in [0.25, 0.3) is 0 Å². The van der Waals surface area contributed by atoms with Crippen molar-refractivity contribution in [2.45, 2.75) is 18.7 Å². The van der Waals surface area contributed by atoms with Crippen molar-refractivity contribution < 1.29 is 32.2 Å². The van der Waals surface area contributed by atoms with Crippen LogP contribution in [0.3, 0.4) is 0 Å². The number of hydrogen-bond acceptors (Lipinski definition) is 7. The van der Waals surface area contributed by atoms with E-state index in [1.165, 1.54) is 28.6 Å². The highest BCUT2D eigenvalue weighted by Crippen LogP contribution is 2.32. The van der Waals surface area contributed by atoms with Gasteiger partial charge in [-0.05, 0) is 36.4 Å². The van der Waals surface area contributed by atoms with Gasteiger partial charge in [-0.15, -0.1) is 0 Å². The topological polar surface area (TPSA) is 111 Å².